The van der Waals surface area contributed by atoms with Crippen LogP contribution in [0.25, 0.3) is 0 Å². The molecule has 2 N–H and O–H groups in total. The van der Waals surface area contributed by atoms with Crippen LogP contribution in [0.4, 0.5) is 0 Å². The summed E-state index contributed by atoms with van der Waals surface area (Å²) in [6, 6.07) is 0.334. The Labute approximate surface area is 118 Å². The van der Waals surface area contributed by atoms with E-state index in [0.29, 0.717) is 37.2 Å². The first-order chi connectivity index (χ1) is 8.77. The van der Waals surface area contributed by atoms with Crippen molar-refractivity contribution in [2.45, 2.75) is 32.2 Å². The SMILES string of the molecule is CCOC(=O)c1cnn(C2CCC2)c1OCCN.Cl. The van der Waals surface area contributed by atoms with Gasteiger partial charge in [-0.2, -0.15) is 5.10 Å². The number of aromatic nitrogens is 2. The van der Waals surface area contributed by atoms with E-state index in [2.05, 4.69) is 5.10 Å². The molecule has 108 valence electrons. The van der Waals surface area contributed by atoms with Gasteiger partial charge in [-0.1, -0.05) is 0 Å². The third kappa shape index (κ3) is 3.39. The molecule has 0 amide bonds. The first-order valence-electron chi connectivity index (χ1n) is 6.35. The molecule has 0 bridgehead atoms. The molecule has 6 nitrogen and oxygen atoms in total. The van der Waals surface area contributed by atoms with Crippen LogP contribution in [0.3, 0.4) is 0 Å². The van der Waals surface area contributed by atoms with Crippen LogP contribution in [0.1, 0.15) is 42.6 Å². The highest BCUT2D eigenvalue weighted by Crippen LogP contribution is 2.35. The van der Waals surface area contributed by atoms with Crippen molar-refractivity contribution in [3.05, 3.63) is 11.8 Å². The molecule has 1 fully saturated rings. The summed E-state index contributed by atoms with van der Waals surface area (Å²) in [5, 5.41) is 4.24. The zero-order valence-corrected chi connectivity index (χ0v) is 11.8. The molecule has 0 radical (unpaired) electrons. The van der Waals surface area contributed by atoms with Gasteiger partial charge in [-0.15, -0.1) is 12.4 Å². The number of esters is 1. The number of hydrogen-bond acceptors (Lipinski definition) is 5. The van der Waals surface area contributed by atoms with Crippen LogP contribution in [-0.4, -0.2) is 35.5 Å². The zero-order chi connectivity index (χ0) is 13.0. The van der Waals surface area contributed by atoms with Crippen molar-refractivity contribution in [3.8, 4) is 5.88 Å². The van der Waals surface area contributed by atoms with E-state index in [1.165, 1.54) is 12.6 Å². The molecule has 0 atom stereocenters. The number of nitrogens with two attached hydrogens (primary N) is 1. The van der Waals surface area contributed by atoms with E-state index in [-0.39, 0.29) is 12.4 Å². The fraction of sp³-hybridized carbons (Fsp3) is 0.667. The number of ether oxygens (including phenoxy) is 2. The van der Waals surface area contributed by atoms with E-state index in [4.69, 9.17) is 15.2 Å². The Morgan fingerprint density at radius 3 is 2.84 bits per heavy atom. The molecule has 1 aliphatic carbocycles. The van der Waals surface area contributed by atoms with E-state index >= 15 is 0 Å². The molecule has 0 aliphatic heterocycles. The summed E-state index contributed by atoms with van der Waals surface area (Å²) in [6.07, 6.45) is 4.85. The Kier molecular flexibility index (Phi) is 6.11. The Balaban J connectivity index is 0.00000180. The van der Waals surface area contributed by atoms with Gasteiger partial charge in [-0.25, -0.2) is 9.48 Å². The summed E-state index contributed by atoms with van der Waals surface area (Å²) in [5.74, 6) is 0.0960. The van der Waals surface area contributed by atoms with E-state index in [9.17, 15) is 4.79 Å². The van der Waals surface area contributed by atoms with Gasteiger partial charge in [-0.3, -0.25) is 0 Å². The predicted octanol–water partition coefficient (Wildman–Crippen LogP) is 1.54. The van der Waals surface area contributed by atoms with Crippen molar-refractivity contribution in [2.75, 3.05) is 19.8 Å². The van der Waals surface area contributed by atoms with Gasteiger partial charge in [0.25, 0.3) is 0 Å². The van der Waals surface area contributed by atoms with Gasteiger partial charge in [0.1, 0.15) is 12.2 Å². The smallest absolute Gasteiger partial charge is 0.345 e. The second-order valence-electron chi connectivity index (χ2n) is 4.25. The van der Waals surface area contributed by atoms with E-state index in [0.717, 1.165) is 12.8 Å². The van der Waals surface area contributed by atoms with Crippen molar-refractivity contribution < 1.29 is 14.3 Å². The Morgan fingerprint density at radius 1 is 1.58 bits per heavy atom. The van der Waals surface area contributed by atoms with Gasteiger partial charge in [0.05, 0.1) is 18.8 Å². The minimum atomic E-state index is -0.393. The van der Waals surface area contributed by atoms with Gasteiger partial charge in [0, 0.05) is 6.54 Å². The number of carbonyl (C=O) groups is 1. The minimum absolute atomic E-state index is 0. The third-order valence-corrected chi connectivity index (χ3v) is 3.02. The highest BCUT2D eigenvalue weighted by molar-refractivity contribution is 5.91. The number of carbonyl (C=O) groups excluding carboxylic acids is 1. The summed E-state index contributed by atoms with van der Waals surface area (Å²) < 4.78 is 12.3. The number of nitrogens with zero attached hydrogens (tertiary/aromatic N) is 2. The number of hydrogen-bond donors (Lipinski definition) is 1. The Bertz CT molecular complexity index is 418. The van der Waals surface area contributed by atoms with E-state index in [1.54, 1.807) is 11.6 Å². The molecule has 1 aliphatic rings. The van der Waals surface area contributed by atoms with Crippen LogP contribution in [-0.2, 0) is 4.74 Å². The summed E-state index contributed by atoms with van der Waals surface area (Å²) in [4.78, 5) is 11.8. The highest BCUT2D eigenvalue weighted by atomic mass is 35.5. The average Bonchev–Trinajstić information content (AvgIpc) is 2.68. The molecule has 7 heteroatoms. The maximum absolute atomic E-state index is 11.8. The molecule has 0 spiro atoms. The van der Waals surface area contributed by atoms with Crippen LogP contribution in [0.15, 0.2) is 6.20 Å². The molecule has 1 heterocycles. The monoisotopic (exact) mass is 289 g/mol. The average molecular weight is 290 g/mol. The molecular weight excluding hydrogens is 270 g/mol. The molecule has 1 aromatic heterocycles. The first kappa shape index (κ1) is 15.8. The largest absolute Gasteiger partial charge is 0.476 e. The molecule has 2 rings (SSSR count). The lowest BCUT2D eigenvalue weighted by atomic mass is 9.93. The molecule has 1 aromatic rings. The quantitative estimate of drug-likeness (QED) is 0.804. The molecular formula is C12H20ClN3O3. The lowest BCUT2D eigenvalue weighted by molar-refractivity contribution is 0.0520. The first-order valence-corrected chi connectivity index (χ1v) is 6.35. The molecule has 0 unspecified atom stereocenters. The summed E-state index contributed by atoms with van der Waals surface area (Å²) in [6.45, 7) is 2.88. The van der Waals surface area contributed by atoms with Gasteiger partial charge >= 0.3 is 5.97 Å². The summed E-state index contributed by atoms with van der Waals surface area (Å²) in [7, 11) is 0. The normalized spacial score (nSPS) is 14.4. The third-order valence-electron chi connectivity index (χ3n) is 3.02. The fourth-order valence-electron chi connectivity index (χ4n) is 1.89. The molecule has 0 saturated heterocycles. The van der Waals surface area contributed by atoms with Crippen molar-refractivity contribution in [2.24, 2.45) is 5.73 Å². The standard InChI is InChI=1S/C12H19N3O3.ClH/c1-2-17-12(16)10-8-14-15(9-4-3-5-9)11(10)18-7-6-13;/h8-9H,2-7,13H2,1H3;1H. The maximum Gasteiger partial charge on any atom is 0.345 e. The fourth-order valence-corrected chi connectivity index (χ4v) is 1.89. The highest BCUT2D eigenvalue weighted by Gasteiger charge is 2.27. The topological polar surface area (TPSA) is 79.4 Å². The van der Waals surface area contributed by atoms with E-state index in [1.807, 2.05) is 0 Å². The van der Waals surface area contributed by atoms with Crippen LogP contribution in [0.5, 0.6) is 5.88 Å². The molecule has 1 saturated carbocycles. The van der Waals surface area contributed by atoms with Gasteiger partial charge in [-0.05, 0) is 26.2 Å². The van der Waals surface area contributed by atoms with Gasteiger partial charge in [0.15, 0.2) is 0 Å². The zero-order valence-electron chi connectivity index (χ0n) is 11.0. The van der Waals surface area contributed by atoms with Crippen molar-refractivity contribution in [3.63, 3.8) is 0 Å². The predicted molar refractivity (Wildman–Crippen MR) is 72.9 cm³/mol. The summed E-state index contributed by atoms with van der Waals surface area (Å²) in [5.41, 5.74) is 5.82. The second-order valence-corrected chi connectivity index (χ2v) is 4.25. The van der Waals surface area contributed by atoms with Crippen LogP contribution < -0.4 is 10.5 Å². The molecule has 0 aromatic carbocycles. The molecule has 19 heavy (non-hydrogen) atoms. The van der Waals surface area contributed by atoms with Gasteiger partial charge in [0.2, 0.25) is 5.88 Å². The Morgan fingerprint density at radius 2 is 2.32 bits per heavy atom. The van der Waals surface area contributed by atoms with Crippen LogP contribution in [0, 0.1) is 0 Å². The number of rotatable bonds is 6. The second kappa shape index (κ2) is 7.35. The van der Waals surface area contributed by atoms with Crippen molar-refractivity contribution in [1.82, 2.24) is 9.78 Å². The van der Waals surface area contributed by atoms with Crippen LogP contribution in [0.2, 0.25) is 0 Å². The van der Waals surface area contributed by atoms with Crippen LogP contribution >= 0.6 is 12.4 Å². The van der Waals surface area contributed by atoms with Crippen molar-refractivity contribution >= 4 is 18.4 Å². The lowest BCUT2D eigenvalue weighted by Crippen LogP contribution is -2.21. The van der Waals surface area contributed by atoms with Crippen molar-refractivity contribution in [1.29, 1.82) is 0 Å². The minimum Gasteiger partial charge on any atom is -0.476 e. The number of halogens is 1. The van der Waals surface area contributed by atoms with Gasteiger partial charge < -0.3 is 15.2 Å². The lowest BCUT2D eigenvalue weighted by Gasteiger charge is -2.27. The van der Waals surface area contributed by atoms with E-state index < -0.39 is 5.97 Å². The maximum atomic E-state index is 11.8. The summed E-state index contributed by atoms with van der Waals surface area (Å²) >= 11 is 0. The Hall–Kier alpha value is -1.27.